The van der Waals surface area contributed by atoms with E-state index in [9.17, 15) is 13.0 Å². The quantitative estimate of drug-likeness (QED) is 0.119. The molecule has 0 atom stereocenters. The second-order valence-corrected chi connectivity index (χ2v) is 16.2. The second-order valence-electron chi connectivity index (χ2n) is 14.8. The van der Waals surface area contributed by atoms with E-state index in [2.05, 4.69) is 130 Å². The van der Waals surface area contributed by atoms with E-state index in [-0.39, 0.29) is 16.7 Å². The van der Waals surface area contributed by atoms with Gasteiger partial charge in [0.1, 0.15) is 0 Å². The zero-order chi connectivity index (χ0) is 35.8. The van der Waals surface area contributed by atoms with E-state index in [1.165, 1.54) is 72.8 Å². The topological polar surface area (TPSA) is 54.4 Å². The maximum absolute atomic E-state index is 12.8. The molecule has 1 N–H and O–H groups in total. The van der Waals surface area contributed by atoms with E-state index in [0.29, 0.717) is 5.56 Å². The number of aryl methyl sites for hydroxylation is 6. The maximum Gasteiger partial charge on any atom is 0.294 e. The van der Waals surface area contributed by atoms with Crippen LogP contribution in [0.4, 0.5) is 0 Å². The number of benzene rings is 5. The third-order valence-corrected chi connectivity index (χ3v) is 11.1. The van der Waals surface area contributed by atoms with Crippen LogP contribution >= 0.6 is 0 Å². The summed E-state index contributed by atoms with van der Waals surface area (Å²) in [5.74, 6) is 0.114. The summed E-state index contributed by atoms with van der Waals surface area (Å²) in [6.45, 7) is 21.9. The molecule has 0 aliphatic heterocycles. The van der Waals surface area contributed by atoms with Gasteiger partial charge < -0.3 is 0 Å². The van der Waals surface area contributed by atoms with Crippen molar-refractivity contribution >= 4 is 10.1 Å². The molecule has 0 saturated carbocycles. The van der Waals surface area contributed by atoms with Crippen molar-refractivity contribution in [1.29, 1.82) is 0 Å². The highest BCUT2D eigenvalue weighted by molar-refractivity contribution is 7.85. The number of hydrogen-bond acceptors (Lipinski definition) is 2. The first-order chi connectivity index (χ1) is 23.0. The largest absolute Gasteiger partial charge is 0.294 e. The van der Waals surface area contributed by atoms with Crippen LogP contribution in [-0.2, 0) is 23.0 Å². The number of rotatable bonds is 10. The van der Waals surface area contributed by atoms with Gasteiger partial charge in [-0.2, -0.15) is 8.42 Å². The lowest BCUT2D eigenvalue weighted by Crippen LogP contribution is -2.12. The Hall–Kier alpha value is -3.99. The smallest absolute Gasteiger partial charge is 0.282 e. The molecule has 49 heavy (non-hydrogen) atoms. The van der Waals surface area contributed by atoms with Gasteiger partial charge in [0.25, 0.3) is 10.1 Å². The van der Waals surface area contributed by atoms with Crippen LogP contribution in [0.3, 0.4) is 0 Å². The van der Waals surface area contributed by atoms with Crippen LogP contribution in [0.2, 0.25) is 0 Å². The fourth-order valence-corrected chi connectivity index (χ4v) is 8.58. The van der Waals surface area contributed by atoms with Gasteiger partial charge in [-0.15, -0.1) is 0 Å². The van der Waals surface area contributed by atoms with Crippen LogP contribution in [0.25, 0.3) is 0 Å². The predicted octanol–water partition coefficient (Wildman–Crippen LogP) is 11.4. The van der Waals surface area contributed by atoms with Gasteiger partial charge in [0.2, 0.25) is 0 Å². The van der Waals surface area contributed by atoms with Gasteiger partial charge in [-0.05, 0) is 145 Å². The Balaban J connectivity index is 1.70. The molecule has 256 valence electrons. The maximum atomic E-state index is 12.8. The Morgan fingerprint density at radius 2 is 0.918 bits per heavy atom. The first kappa shape index (κ1) is 36.3. The van der Waals surface area contributed by atoms with Gasteiger partial charge in [0.15, 0.2) is 0 Å². The Morgan fingerprint density at radius 1 is 0.531 bits per heavy atom. The van der Waals surface area contributed by atoms with Crippen LogP contribution < -0.4 is 0 Å². The Labute approximate surface area is 295 Å². The highest BCUT2D eigenvalue weighted by Gasteiger charge is 2.27. The molecule has 4 heteroatoms. The lowest BCUT2D eigenvalue weighted by Gasteiger charge is -2.26. The molecule has 0 fully saturated rings. The summed E-state index contributed by atoms with van der Waals surface area (Å²) in [7, 11) is -4.47. The summed E-state index contributed by atoms with van der Waals surface area (Å²) in [6.07, 6.45) is 1.67. The van der Waals surface area contributed by atoms with E-state index in [1.807, 2.05) is 12.1 Å². The Morgan fingerprint density at radius 3 is 1.29 bits per heavy atom. The minimum Gasteiger partial charge on any atom is -0.282 e. The van der Waals surface area contributed by atoms with Crippen LogP contribution in [0.15, 0.2) is 89.8 Å². The first-order valence-corrected chi connectivity index (χ1v) is 18.9. The molecule has 0 aliphatic rings. The average Bonchev–Trinajstić information content (AvgIpc) is 3.01. The molecular weight excluding hydrogens is 621 g/mol. The Kier molecular flexibility index (Phi) is 10.7. The minimum absolute atomic E-state index is 0.0536. The van der Waals surface area contributed by atoms with Crippen molar-refractivity contribution in [2.75, 3.05) is 0 Å². The lowest BCUT2D eigenvalue weighted by atomic mass is 9.79. The zero-order valence-corrected chi connectivity index (χ0v) is 31.7. The zero-order valence-electron chi connectivity index (χ0n) is 30.9. The summed E-state index contributed by atoms with van der Waals surface area (Å²) in [6, 6.07) is 29.2. The highest BCUT2D eigenvalue weighted by Crippen LogP contribution is 2.40. The normalized spacial score (nSPS) is 12.0. The SMILES string of the molecule is Cc1cc(C)c(Cc2ccc(C(c3ccc(Cc4c(C)cc(C)cc4C)c(C(C)C)c3)c3ccccc3S(=O)(=O)O)cc2C(C)C)c(C)c1. The third kappa shape index (κ3) is 7.92. The Bertz CT molecular complexity index is 1960. The van der Waals surface area contributed by atoms with Crippen LogP contribution in [-0.4, -0.2) is 13.0 Å². The molecular formula is C45H52O3S. The fourth-order valence-electron chi connectivity index (χ4n) is 7.85. The minimum atomic E-state index is -4.47. The second kappa shape index (κ2) is 14.5. The van der Waals surface area contributed by atoms with Crippen molar-refractivity contribution in [3.63, 3.8) is 0 Å². The molecule has 0 aromatic heterocycles. The molecule has 5 aromatic carbocycles. The van der Waals surface area contributed by atoms with Gasteiger partial charge in [-0.25, -0.2) is 0 Å². The van der Waals surface area contributed by atoms with E-state index in [0.717, 1.165) is 24.0 Å². The van der Waals surface area contributed by atoms with Gasteiger partial charge in [-0.1, -0.05) is 118 Å². The van der Waals surface area contributed by atoms with Crippen LogP contribution in [0.5, 0.6) is 0 Å². The lowest BCUT2D eigenvalue weighted by molar-refractivity contribution is 0.482. The molecule has 0 saturated heterocycles. The third-order valence-electron chi connectivity index (χ3n) is 10.2. The molecule has 0 spiro atoms. The molecule has 5 aromatic rings. The number of hydrogen-bond donors (Lipinski definition) is 1. The molecule has 0 heterocycles. The molecule has 0 bridgehead atoms. The summed E-state index contributed by atoms with van der Waals surface area (Å²) in [4.78, 5) is -0.0536. The monoisotopic (exact) mass is 672 g/mol. The molecule has 0 unspecified atom stereocenters. The van der Waals surface area contributed by atoms with Gasteiger partial charge in [0.05, 0.1) is 4.90 Å². The van der Waals surface area contributed by atoms with E-state index in [4.69, 9.17) is 0 Å². The average molecular weight is 673 g/mol. The molecule has 5 rings (SSSR count). The van der Waals surface area contributed by atoms with Crippen molar-refractivity contribution in [3.05, 3.63) is 168 Å². The van der Waals surface area contributed by atoms with Gasteiger partial charge in [-0.3, -0.25) is 4.55 Å². The summed E-state index contributed by atoms with van der Waals surface area (Å²) < 4.78 is 36.1. The highest BCUT2D eigenvalue weighted by atomic mass is 32.2. The predicted molar refractivity (Wildman–Crippen MR) is 205 cm³/mol. The van der Waals surface area contributed by atoms with E-state index in [1.54, 1.807) is 6.07 Å². The molecule has 0 radical (unpaired) electrons. The summed E-state index contributed by atoms with van der Waals surface area (Å²) >= 11 is 0. The van der Waals surface area contributed by atoms with E-state index >= 15 is 0 Å². The van der Waals surface area contributed by atoms with Crippen LogP contribution in [0.1, 0.15) is 129 Å². The fraction of sp³-hybridized carbons (Fsp3) is 0.333. The van der Waals surface area contributed by atoms with Crippen molar-refractivity contribution in [2.45, 2.75) is 105 Å². The van der Waals surface area contributed by atoms with Crippen LogP contribution in [0, 0.1) is 41.5 Å². The molecule has 0 aliphatic carbocycles. The molecule has 0 amide bonds. The van der Waals surface area contributed by atoms with Crippen molar-refractivity contribution < 1.29 is 13.0 Å². The van der Waals surface area contributed by atoms with Crippen molar-refractivity contribution in [3.8, 4) is 0 Å². The van der Waals surface area contributed by atoms with Crippen molar-refractivity contribution in [1.82, 2.24) is 0 Å². The summed E-state index contributed by atoms with van der Waals surface area (Å²) in [5.41, 5.74) is 18.1. The van der Waals surface area contributed by atoms with E-state index < -0.39 is 16.0 Å². The van der Waals surface area contributed by atoms with Gasteiger partial charge >= 0.3 is 0 Å². The van der Waals surface area contributed by atoms with Gasteiger partial charge in [0, 0.05) is 5.92 Å². The first-order valence-electron chi connectivity index (χ1n) is 17.5. The summed E-state index contributed by atoms with van der Waals surface area (Å²) in [5, 5.41) is 0. The molecule has 3 nitrogen and oxygen atoms in total. The standard InChI is InChI=1S/C45H52O3S/c1-27(2)40-25-37(17-15-35(40)23-42-31(7)19-29(5)20-32(42)8)45(39-13-11-12-14-44(39)49(46,47)48)38-18-16-36(41(26-38)28(3)4)24-43-33(9)21-30(6)22-34(43)10/h11-22,25-28,45H,23-24H2,1-10H3,(H,46,47,48). The van der Waals surface area contributed by atoms with Crippen molar-refractivity contribution in [2.24, 2.45) is 0 Å².